The lowest BCUT2D eigenvalue weighted by atomic mass is 10.2. The highest BCUT2D eigenvalue weighted by atomic mass is 32.1. The molecule has 2 heterocycles. The summed E-state index contributed by atoms with van der Waals surface area (Å²) in [7, 11) is 1.58. The summed E-state index contributed by atoms with van der Waals surface area (Å²) >= 11 is 1.49. The van der Waals surface area contributed by atoms with Crippen LogP contribution < -0.4 is 5.43 Å². The van der Waals surface area contributed by atoms with Crippen molar-refractivity contribution in [2.75, 3.05) is 20.3 Å². The summed E-state index contributed by atoms with van der Waals surface area (Å²) in [6.07, 6.45) is 1.70. The van der Waals surface area contributed by atoms with Gasteiger partial charge in [0.2, 0.25) is 0 Å². The van der Waals surface area contributed by atoms with Gasteiger partial charge in [-0.15, -0.1) is 11.3 Å². The van der Waals surface area contributed by atoms with Gasteiger partial charge in [-0.05, 0) is 6.92 Å². The number of rotatable bonds is 6. The third-order valence-electron chi connectivity index (χ3n) is 2.87. The molecule has 21 heavy (non-hydrogen) atoms. The van der Waals surface area contributed by atoms with Gasteiger partial charge in [0, 0.05) is 43.1 Å². The Morgan fingerprint density at radius 3 is 2.90 bits per heavy atom. The molecule has 7 heteroatoms. The summed E-state index contributed by atoms with van der Waals surface area (Å²) in [6.45, 7) is 3.01. The zero-order chi connectivity index (χ0) is 15.2. The van der Waals surface area contributed by atoms with E-state index < -0.39 is 0 Å². The summed E-state index contributed by atoms with van der Waals surface area (Å²) < 4.78 is 5.04. The van der Waals surface area contributed by atoms with Crippen LogP contribution in [0.25, 0.3) is 0 Å². The largest absolute Gasteiger partial charge is 0.383 e. The van der Waals surface area contributed by atoms with Gasteiger partial charge >= 0.3 is 0 Å². The van der Waals surface area contributed by atoms with E-state index in [9.17, 15) is 9.59 Å². The summed E-state index contributed by atoms with van der Waals surface area (Å²) in [5, 5.41) is 2.71. The third-order valence-corrected chi connectivity index (χ3v) is 3.63. The minimum absolute atomic E-state index is 0.185. The molecule has 2 aromatic heterocycles. The Hall–Kier alpha value is -1.99. The first-order chi connectivity index (χ1) is 10.1. The number of hydrogen-bond donors (Lipinski definition) is 1. The molecule has 6 nitrogen and oxygen atoms in total. The van der Waals surface area contributed by atoms with Gasteiger partial charge in [0.15, 0.2) is 5.43 Å². The molecule has 0 atom stereocenters. The first kappa shape index (κ1) is 15.4. The molecule has 0 aliphatic carbocycles. The Kier molecular flexibility index (Phi) is 5.24. The van der Waals surface area contributed by atoms with Gasteiger partial charge in [0.1, 0.15) is 10.7 Å². The number of nitrogens with one attached hydrogen (secondary N) is 1. The van der Waals surface area contributed by atoms with Crippen molar-refractivity contribution in [3.8, 4) is 0 Å². The van der Waals surface area contributed by atoms with E-state index in [0.717, 1.165) is 5.01 Å². The number of thiazole rings is 1. The van der Waals surface area contributed by atoms with Crippen molar-refractivity contribution in [1.29, 1.82) is 0 Å². The quantitative estimate of drug-likeness (QED) is 0.876. The van der Waals surface area contributed by atoms with Crippen LogP contribution in [0.2, 0.25) is 0 Å². The third kappa shape index (κ3) is 4.24. The normalized spacial score (nSPS) is 10.6. The van der Waals surface area contributed by atoms with Gasteiger partial charge in [-0.3, -0.25) is 9.59 Å². The van der Waals surface area contributed by atoms with Crippen molar-refractivity contribution >= 4 is 17.2 Å². The summed E-state index contributed by atoms with van der Waals surface area (Å²) in [5.74, 6) is -0.233. The number of aromatic amines is 1. The second-order valence-electron chi connectivity index (χ2n) is 4.56. The Balaban J connectivity index is 2.22. The predicted octanol–water partition coefficient (Wildman–Crippen LogP) is 1.43. The summed E-state index contributed by atoms with van der Waals surface area (Å²) in [4.78, 5) is 32.8. The van der Waals surface area contributed by atoms with E-state index in [-0.39, 0.29) is 17.0 Å². The molecule has 0 unspecified atom stereocenters. The summed E-state index contributed by atoms with van der Waals surface area (Å²) in [5.41, 5.74) is 0.759. The second kappa shape index (κ2) is 7.14. The molecule has 2 aromatic rings. The lowest BCUT2D eigenvalue weighted by Crippen LogP contribution is -2.34. The van der Waals surface area contributed by atoms with E-state index >= 15 is 0 Å². The average molecular weight is 307 g/mol. The molecule has 0 spiro atoms. The fourth-order valence-electron chi connectivity index (χ4n) is 1.92. The lowest BCUT2D eigenvalue weighted by Gasteiger charge is -2.21. The number of methoxy groups -OCH3 is 1. The Labute approximate surface area is 126 Å². The highest BCUT2D eigenvalue weighted by molar-refractivity contribution is 7.09. The second-order valence-corrected chi connectivity index (χ2v) is 5.54. The van der Waals surface area contributed by atoms with Gasteiger partial charge in [-0.1, -0.05) is 0 Å². The van der Waals surface area contributed by atoms with Crippen molar-refractivity contribution in [1.82, 2.24) is 14.9 Å². The molecule has 1 amide bonds. The Morgan fingerprint density at radius 2 is 2.29 bits per heavy atom. The van der Waals surface area contributed by atoms with E-state index in [1.807, 2.05) is 5.38 Å². The topological polar surface area (TPSA) is 75.3 Å². The van der Waals surface area contributed by atoms with Gasteiger partial charge < -0.3 is 14.6 Å². The summed E-state index contributed by atoms with van der Waals surface area (Å²) in [6, 6.07) is 2.77. The van der Waals surface area contributed by atoms with Crippen molar-refractivity contribution < 1.29 is 9.53 Å². The van der Waals surface area contributed by atoms with Crippen molar-refractivity contribution in [3.63, 3.8) is 0 Å². The van der Waals surface area contributed by atoms with E-state index in [4.69, 9.17) is 4.74 Å². The van der Waals surface area contributed by atoms with Crippen molar-refractivity contribution in [2.45, 2.75) is 13.5 Å². The van der Waals surface area contributed by atoms with Crippen LogP contribution in [0.1, 0.15) is 21.2 Å². The highest BCUT2D eigenvalue weighted by Crippen LogP contribution is 2.10. The number of H-pyrrole nitrogens is 1. The van der Waals surface area contributed by atoms with Crippen LogP contribution in [0.5, 0.6) is 0 Å². The number of ether oxygens (including phenoxy) is 1. The number of hydrogen-bond acceptors (Lipinski definition) is 5. The van der Waals surface area contributed by atoms with Crippen LogP contribution >= 0.6 is 11.3 Å². The maximum Gasteiger partial charge on any atom is 0.270 e. The van der Waals surface area contributed by atoms with Gasteiger partial charge in [0.25, 0.3) is 5.91 Å². The van der Waals surface area contributed by atoms with Crippen LogP contribution in [-0.4, -0.2) is 41.0 Å². The molecule has 0 saturated heterocycles. The van der Waals surface area contributed by atoms with Gasteiger partial charge in [0.05, 0.1) is 13.2 Å². The van der Waals surface area contributed by atoms with E-state index in [0.29, 0.717) is 25.4 Å². The molecule has 2 rings (SSSR count). The zero-order valence-corrected chi connectivity index (χ0v) is 12.8. The SMILES string of the molecule is COCCN(Cc1nccs1)C(=O)c1cc(=O)cc(C)[nH]1. The van der Waals surface area contributed by atoms with Crippen LogP contribution in [-0.2, 0) is 11.3 Å². The lowest BCUT2D eigenvalue weighted by molar-refractivity contribution is 0.0674. The number of amides is 1. The number of pyridine rings is 1. The highest BCUT2D eigenvalue weighted by Gasteiger charge is 2.18. The molecule has 0 aromatic carbocycles. The smallest absolute Gasteiger partial charge is 0.270 e. The van der Waals surface area contributed by atoms with Crippen LogP contribution in [0.3, 0.4) is 0 Å². The molecule has 0 saturated carbocycles. The Bertz CT molecular complexity index is 652. The molecular weight excluding hydrogens is 290 g/mol. The van der Waals surface area contributed by atoms with Crippen molar-refractivity contribution in [3.05, 3.63) is 50.3 Å². The maximum absolute atomic E-state index is 12.6. The maximum atomic E-state index is 12.6. The van der Waals surface area contributed by atoms with Gasteiger partial charge in [-0.25, -0.2) is 4.98 Å². The fourth-order valence-corrected chi connectivity index (χ4v) is 2.55. The zero-order valence-electron chi connectivity index (χ0n) is 12.0. The van der Waals surface area contributed by atoms with E-state index in [1.165, 1.54) is 23.5 Å². The molecule has 0 bridgehead atoms. The number of carbonyl (C=O) groups is 1. The number of aromatic nitrogens is 2. The number of carbonyl (C=O) groups excluding carboxylic acids is 1. The number of aryl methyl sites for hydroxylation is 1. The molecule has 0 aliphatic rings. The van der Waals surface area contributed by atoms with Crippen LogP contribution in [0, 0.1) is 6.92 Å². The standard InChI is InChI=1S/C14H17N3O3S/c1-10-7-11(18)8-12(16-10)14(19)17(4-5-20-2)9-13-15-3-6-21-13/h3,6-8H,4-5,9H2,1-2H3,(H,16,18). The monoisotopic (exact) mass is 307 g/mol. The molecule has 0 fully saturated rings. The minimum atomic E-state index is -0.233. The van der Waals surface area contributed by atoms with Crippen LogP contribution in [0.4, 0.5) is 0 Å². The van der Waals surface area contributed by atoms with E-state index in [1.54, 1.807) is 25.1 Å². The van der Waals surface area contributed by atoms with Gasteiger partial charge in [-0.2, -0.15) is 0 Å². The number of nitrogens with zero attached hydrogens (tertiary/aromatic N) is 2. The van der Waals surface area contributed by atoms with Crippen LogP contribution in [0.15, 0.2) is 28.5 Å². The molecule has 0 aliphatic heterocycles. The van der Waals surface area contributed by atoms with E-state index in [2.05, 4.69) is 9.97 Å². The fraction of sp³-hybridized carbons (Fsp3) is 0.357. The average Bonchev–Trinajstić information content (AvgIpc) is 2.94. The molecule has 0 radical (unpaired) electrons. The molecule has 112 valence electrons. The molecule has 1 N–H and O–H groups in total. The molecular formula is C14H17N3O3S. The van der Waals surface area contributed by atoms with Crippen molar-refractivity contribution in [2.24, 2.45) is 0 Å². The Morgan fingerprint density at radius 1 is 1.48 bits per heavy atom. The first-order valence-electron chi connectivity index (χ1n) is 6.47. The first-order valence-corrected chi connectivity index (χ1v) is 7.35. The minimum Gasteiger partial charge on any atom is -0.383 e. The predicted molar refractivity (Wildman–Crippen MR) is 80.5 cm³/mol.